The molecule has 1 fully saturated rings. The normalized spacial score (nSPS) is 17.3. The molecule has 3 aromatic heterocycles. The summed E-state index contributed by atoms with van der Waals surface area (Å²) in [6, 6.07) is 35.7. The summed E-state index contributed by atoms with van der Waals surface area (Å²) in [6.45, 7) is 7.71. The fourth-order valence-corrected chi connectivity index (χ4v) is 8.01. The van der Waals surface area contributed by atoms with Crippen molar-refractivity contribution in [3.8, 4) is 44.8 Å². The number of aryl methyl sites for hydroxylation is 3. The second-order valence-electron chi connectivity index (χ2n) is 15.7. The molecule has 0 aliphatic heterocycles. The van der Waals surface area contributed by atoms with E-state index in [-0.39, 0.29) is 36.8 Å². The van der Waals surface area contributed by atoms with Crippen LogP contribution < -0.4 is 0 Å². The average Bonchev–Trinajstić information content (AvgIpc) is 3.71. The quantitative estimate of drug-likeness (QED) is 0.149. The van der Waals surface area contributed by atoms with Crippen molar-refractivity contribution in [1.82, 2.24) is 9.97 Å². The molecule has 1 aliphatic carbocycles. The van der Waals surface area contributed by atoms with Crippen LogP contribution in [0.5, 0.6) is 0 Å². The van der Waals surface area contributed by atoms with E-state index in [9.17, 15) is 4.11 Å². The average molecular weight is 988 g/mol. The molecule has 4 nitrogen and oxygen atoms in total. The Labute approximate surface area is 392 Å². The first-order valence-electron chi connectivity index (χ1n) is 26.2. The first-order chi connectivity index (χ1) is 33.7. The van der Waals surface area contributed by atoms with Gasteiger partial charge in [-0.15, -0.1) is 47.5 Å². The van der Waals surface area contributed by atoms with E-state index in [2.05, 4.69) is 22.0 Å². The van der Waals surface area contributed by atoms with Gasteiger partial charge in [-0.1, -0.05) is 137 Å². The number of hydrogen-bond donors (Lipinski definition) is 0. The molecule has 1 saturated carbocycles. The number of furan rings is 1. The molecule has 0 amide bonds. The maximum Gasteiger partial charge on any atom is 0.187 e. The Balaban J connectivity index is 0.000000233. The number of pyridine rings is 2. The molecule has 8 aromatic rings. The minimum atomic E-state index is -2.33. The summed E-state index contributed by atoms with van der Waals surface area (Å²) in [5, 5.41) is 1.66. The Morgan fingerprint density at radius 3 is 2.20 bits per heavy atom. The molecule has 3 heterocycles. The van der Waals surface area contributed by atoms with Crippen molar-refractivity contribution in [2.75, 3.05) is 0 Å². The van der Waals surface area contributed by atoms with Gasteiger partial charge in [-0.2, -0.15) is 0 Å². The molecule has 5 heteroatoms. The summed E-state index contributed by atoms with van der Waals surface area (Å²) in [7, 11) is 0. The Hall–Kier alpha value is -5.66. The third kappa shape index (κ3) is 9.33. The first-order valence-corrected chi connectivity index (χ1v) is 20.2. The molecule has 0 atom stereocenters. The van der Waals surface area contributed by atoms with Gasteiger partial charge in [-0.25, -0.2) is 4.85 Å². The van der Waals surface area contributed by atoms with Crippen molar-refractivity contribution in [1.29, 1.82) is 0 Å². The summed E-state index contributed by atoms with van der Waals surface area (Å²) < 4.78 is 103. The Morgan fingerprint density at radius 1 is 0.770 bits per heavy atom. The number of hydrogen-bond acceptors (Lipinski definition) is 3. The van der Waals surface area contributed by atoms with E-state index >= 15 is 0 Å². The van der Waals surface area contributed by atoms with Crippen LogP contribution >= 0.6 is 0 Å². The first kappa shape index (κ1) is 30.4. The fraction of sp³-hybridized carbons (Fsp3) is 0.268. The van der Waals surface area contributed by atoms with Crippen molar-refractivity contribution in [3.05, 3.63) is 172 Å². The van der Waals surface area contributed by atoms with Crippen LogP contribution in [0.4, 0.5) is 5.69 Å². The van der Waals surface area contributed by atoms with Crippen molar-refractivity contribution >= 4 is 27.6 Å². The van der Waals surface area contributed by atoms with Gasteiger partial charge in [0, 0.05) is 54.3 Å². The van der Waals surface area contributed by atoms with Crippen LogP contribution in [0.15, 0.2) is 120 Å². The van der Waals surface area contributed by atoms with Gasteiger partial charge < -0.3 is 14.4 Å². The molecule has 0 bridgehead atoms. The van der Waals surface area contributed by atoms with E-state index in [0.717, 1.165) is 70.7 Å². The third-order valence-electron chi connectivity index (χ3n) is 11.1. The van der Waals surface area contributed by atoms with Gasteiger partial charge in [-0.3, -0.25) is 0 Å². The third-order valence-corrected chi connectivity index (χ3v) is 11.1. The molecule has 0 unspecified atom stereocenters. The molecule has 9 rings (SSSR count). The second kappa shape index (κ2) is 18.9. The Morgan fingerprint density at radius 2 is 1.52 bits per heavy atom. The minimum absolute atomic E-state index is 0. The van der Waals surface area contributed by atoms with Gasteiger partial charge in [0.25, 0.3) is 0 Å². The molecule has 0 N–H and O–H groups in total. The van der Waals surface area contributed by atoms with Crippen molar-refractivity contribution in [2.45, 2.75) is 98.0 Å². The molecular formula is C56H53IrN3O-2. The van der Waals surface area contributed by atoms with Crippen molar-refractivity contribution in [3.63, 3.8) is 0 Å². The molecule has 309 valence electrons. The molecular weight excluding hydrogens is 923 g/mol. The number of nitrogens with zero attached hydrogens (tertiary/aromatic N) is 3. The second-order valence-corrected chi connectivity index (χ2v) is 15.7. The van der Waals surface area contributed by atoms with Gasteiger partial charge in [-0.05, 0) is 112 Å². The van der Waals surface area contributed by atoms with Crippen molar-refractivity contribution in [2.24, 2.45) is 0 Å². The van der Waals surface area contributed by atoms with Crippen LogP contribution in [0.25, 0.3) is 71.6 Å². The van der Waals surface area contributed by atoms with Crippen LogP contribution in [-0.4, -0.2) is 9.97 Å². The maximum absolute atomic E-state index is 9.38. The zero-order valence-corrected chi connectivity index (χ0v) is 37.0. The van der Waals surface area contributed by atoms with Gasteiger partial charge in [0.2, 0.25) is 0 Å². The predicted molar refractivity (Wildman–Crippen MR) is 250 cm³/mol. The molecule has 61 heavy (non-hydrogen) atoms. The number of aromatic nitrogens is 2. The zero-order valence-electron chi connectivity index (χ0n) is 46.6. The molecule has 0 spiro atoms. The van der Waals surface area contributed by atoms with Crippen LogP contribution in [0.3, 0.4) is 0 Å². The molecule has 1 aliphatic rings. The summed E-state index contributed by atoms with van der Waals surface area (Å²) in [5.74, 6) is -2.68. The Bertz CT molecular complexity index is 3300. The molecule has 1 radical (unpaired) electrons. The summed E-state index contributed by atoms with van der Waals surface area (Å²) in [4.78, 5) is 12.2. The van der Waals surface area contributed by atoms with Crippen LogP contribution in [0, 0.1) is 39.3 Å². The van der Waals surface area contributed by atoms with Gasteiger partial charge in [0.1, 0.15) is 5.58 Å². The van der Waals surface area contributed by atoms with E-state index < -0.39 is 38.2 Å². The number of fused-ring (bicyclic) bond motifs is 3. The largest absolute Gasteiger partial charge is 0.501 e. The van der Waals surface area contributed by atoms with Gasteiger partial charge >= 0.3 is 0 Å². The van der Waals surface area contributed by atoms with Gasteiger partial charge in [0.05, 0.1) is 12.2 Å². The van der Waals surface area contributed by atoms with Crippen LogP contribution in [0.1, 0.15) is 127 Å². The van der Waals surface area contributed by atoms with Gasteiger partial charge in [0.15, 0.2) is 5.69 Å². The predicted octanol–water partition coefficient (Wildman–Crippen LogP) is 16.1. The fourth-order valence-electron chi connectivity index (χ4n) is 8.01. The topological polar surface area (TPSA) is 43.3 Å². The monoisotopic (exact) mass is 988 g/mol. The summed E-state index contributed by atoms with van der Waals surface area (Å²) in [6.07, 6.45) is 7.76. The van der Waals surface area contributed by atoms with Crippen molar-refractivity contribution < 1.29 is 41.0 Å². The van der Waals surface area contributed by atoms with E-state index in [0.29, 0.717) is 50.5 Å². The van der Waals surface area contributed by atoms with Crippen LogP contribution in [0.2, 0.25) is 0 Å². The summed E-state index contributed by atoms with van der Waals surface area (Å²) in [5.41, 5.74) is 9.64. The number of benzene rings is 5. The SMILES string of the molecule is [2H]C([2H])([2H])c1ccc(-c2[c-]cc(C([2H])([2H])[2H])c(-c3ccc([N+]#[C-])cc3)c2)nc1.[2H]C([2H])([2H])c1ccc2c(c1)oc1c(-c3cc(-c4c(C([2H])(C)C)cc(C5([2H])CCCCC5)cc4C([2H])(C)C)ccn3)[c-]ccc12.[Ir]. The van der Waals surface area contributed by atoms with E-state index in [1.54, 1.807) is 60.8 Å². The molecule has 0 saturated heterocycles. The van der Waals surface area contributed by atoms with E-state index in [1.165, 1.54) is 18.3 Å². The number of rotatable bonds is 7. The summed E-state index contributed by atoms with van der Waals surface area (Å²) >= 11 is 0. The molecule has 5 aromatic carbocycles. The van der Waals surface area contributed by atoms with E-state index in [4.69, 9.17) is 28.3 Å². The minimum Gasteiger partial charge on any atom is -0.501 e. The van der Waals surface area contributed by atoms with E-state index in [1.807, 2.05) is 64.1 Å². The maximum atomic E-state index is 9.38. The standard InChI is InChI=1S/C36H38NO.C20H15N2.Ir/c1-22(2)31-19-27(25-10-7-6-8-11-25)20-32(23(3)4)35(31)26-16-17-37-33(21-26)30-13-9-12-29-28-15-14-24(5)18-34(28)38-36(29)30;1-14-4-11-20(22-13-14)17-6-5-15(2)19(12-17)16-7-9-18(21-3)10-8-16;/h9,12,14-23,25H,6-8,10-11H2,1-5H3;4-5,7-13H,1-2H3;/q2*-1;/i5D3,22D,23D,25D;1D3,2D3;. The smallest absolute Gasteiger partial charge is 0.187 e. The Kier molecular flexibility index (Phi) is 9.43. The zero-order chi connectivity index (χ0) is 52.2. The van der Waals surface area contributed by atoms with Crippen LogP contribution in [-0.2, 0) is 20.1 Å².